The van der Waals surface area contributed by atoms with Crippen molar-refractivity contribution in [2.45, 2.75) is 173 Å². The number of hydrogen-bond acceptors (Lipinski definition) is 7. The van der Waals surface area contributed by atoms with Gasteiger partial charge in [0.2, 0.25) is 0 Å². The van der Waals surface area contributed by atoms with Crippen LogP contribution < -0.4 is 0 Å². The molecule has 0 aromatic heterocycles. The van der Waals surface area contributed by atoms with Crippen molar-refractivity contribution in [3.63, 3.8) is 0 Å². The molecule has 0 saturated heterocycles. The lowest BCUT2D eigenvalue weighted by Crippen LogP contribution is -2.83. The lowest BCUT2D eigenvalue weighted by atomic mass is 9.31. The molecule has 6 aliphatic rings. The molecule has 7 heteroatoms. The zero-order valence-electron chi connectivity index (χ0n) is 33.4. The highest BCUT2D eigenvalue weighted by Crippen LogP contribution is 2.75. The first-order chi connectivity index (χ1) is 25.9. The van der Waals surface area contributed by atoms with Gasteiger partial charge in [0, 0.05) is 17.4 Å². The van der Waals surface area contributed by atoms with E-state index in [2.05, 4.69) is 45.0 Å². The number of esters is 2. The summed E-state index contributed by atoms with van der Waals surface area (Å²) >= 11 is 0. The molecule has 1 heterocycles. The standard InChI is InChI=1S/C47H68O7/c1-33(14-13-17-34-15-7-4-8-16-34)22-26-45(51)29-28-43(2)31-38(54-42(50)36-18-9-5-10-19-36)41-44(3,37-20-11-6-12-21-37)25-24-39(48)47(41,45)46(43,52)27-23-35-30-40(49)53-32-35/h4,7-8,15-16,28-30,33,36-39,41,48,51-52H,5-6,9-14,17-27,31-32H2,1-3H3/t33-,38-,39-,41+,43+,44+,45+,46-,47+/m1/s1. The number of aryl methyl sites for hydroxylation is 1. The van der Waals surface area contributed by atoms with Gasteiger partial charge >= 0.3 is 11.9 Å². The van der Waals surface area contributed by atoms with E-state index in [9.17, 15) is 24.9 Å². The third-order valence-corrected chi connectivity index (χ3v) is 16.0. The predicted molar refractivity (Wildman–Crippen MR) is 210 cm³/mol. The molecule has 1 aromatic carbocycles. The zero-order chi connectivity index (χ0) is 38.2. The molecule has 1 aliphatic heterocycles. The van der Waals surface area contributed by atoms with E-state index < -0.39 is 40.2 Å². The maximum absolute atomic E-state index is 14.2. The minimum absolute atomic E-state index is 0.129. The fraction of sp³-hybridized carbons (Fsp3) is 0.745. The number of carbonyl (C=O) groups excluding carboxylic acids is 2. The molecule has 7 nitrogen and oxygen atoms in total. The van der Waals surface area contributed by atoms with Gasteiger partial charge in [-0.2, -0.15) is 0 Å². The van der Waals surface area contributed by atoms with E-state index in [4.69, 9.17) is 9.47 Å². The maximum atomic E-state index is 14.2. The number of cyclic esters (lactones) is 1. The van der Waals surface area contributed by atoms with Gasteiger partial charge < -0.3 is 24.8 Å². The van der Waals surface area contributed by atoms with E-state index in [1.54, 1.807) is 0 Å². The van der Waals surface area contributed by atoms with Gasteiger partial charge in [0.1, 0.15) is 12.7 Å². The van der Waals surface area contributed by atoms with E-state index in [-0.39, 0.29) is 36.3 Å². The quantitative estimate of drug-likeness (QED) is 0.137. The Labute approximate surface area is 324 Å². The Hall–Kier alpha value is -2.48. The molecule has 7 rings (SSSR count). The van der Waals surface area contributed by atoms with Crippen molar-refractivity contribution >= 4 is 11.9 Å². The van der Waals surface area contributed by atoms with Crippen LogP contribution in [0, 0.1) is 39.9 Å². The van der Waals surface area contributed by atoms with Crippen LogP contribution in [0.3, 0.4) is 0 Å². The van der Waals surface area contributed by atoms with Crippen molar-refractivity contribution in [1.29, 1.82) is 0 Å². The highest BCUT2D eigenvalue weighted by Gasteiger charge is 2.81. The second-order valence-corrected chi connectivity index (χ2v) is 19.2. The Morgan fingerprint density at radius 3 is 2.30 bits per heavy atom. The number of benzene rings is 1. The Bertz CT molecular complexity index is 1540. The van der Waals surface area contributed by atoms with Crippen LogP contribution in [0.4, 0.5) is 0 Å². The summed E-state index contributed by atoms with van der Waals surface area (Å²) in [7, 11) is 0. The summed E-state index contributed by atoms with van der Waals surface area (Å²) < 4.78 is 12.1. The maximum Gasteiger partial charge on any atom is 0.331 e. The lowest BCUT2D eigenvalue weighted by molar-refractivity contribution is -0.362. The van der Waals surface area contributed by atoms with Gasteiger partial charge in [-0.3, -0.25) is 4.79 Å². The Kier molecular flexibility index (Phi) is 11.6. The van der Waals surface area contributed by atoms with E-state index in [1.807, 2.05) is 18.2 Å². The fourth-order valence-corrected chi connectivity index (χ4v) is 13.1. The second-order valence-electron chi connectivity index (χ2n) is 19.2. The topological polar surface area (TPSA) is 113 Å². The first-order valence-electron chi connectivity index (χ1n) is 21.8. The Morgan fingerprint density at radius 1 is 0.907 bits per heavy atom. The number of carbonyl (C=O) groups is 2. The normalized spacial score (nSPS) is 39.0. The van der Waals surface area contributed by atoms with E-state index >= 15 is 0 Å². The molecule has 0 radical (unpaired) electrons. The summed E-state index contributed by atoms with van der Waals surface area (Å²) in [5.74, 6) is -0.432. The molecule has 298 valence electrons. The van der Waals surface area contributed by atoms with Crippen LogP contribution in [-0.2, 0) is 25.5 Å². The van der Waals surface area contributed by atoms with E-state index in [1.165, 1.54) is 18.1 Å². The van der Waals surface area contributed by atoms with Crippen LogP contribution in [0.25, 0.3) is 0 Å². The molecule has 4 fully saturated rings. The average molecular weight is 745 g/mol. The number of aliphatic hydroxyl groups is 3. The van der Waals surface area contributed by atoms with Gasteiger partial charge in [0.15, 0.2) is 0 Å². The van der Waals surface area contributed by atoms with Crippen molar-refractivity contribution in [2.75, 3.05) is 6.61 Å². The summed E-state index contributed by atoms with van der Waals surface area (Å²) in [6.07, 6.45) is 21.0. The monoisotopic (exact) mass is 744 g/mol. The smallest absolute Gasteiger partial charge is 0.331 e. The van der Waals surface area contributed by atoms with Crippen LogP contribution in [-0.4, -0.2) is 57.3 Å². The third-order valence-electron chi connectivity index (χ3n) is 16.0. The van der Waals surface area contributed by atoms with Crippen LogP contribution in [0.2, 0.25) is 0 Å². The minimum Gasteiger partial charge on any atom is -0.462 e. The molecular weight excluding hydrogens is 677 g/mol. The summed E-state index contributed by atoms with van der Waals surface area (Å²) in [6.45, 7) is 6.86. The number of hydrogen-bond donors (Lipinski definition) is 3. The average Bonchev–Trinajstić information content (AvgIpc) is 3.60. The van der Waals surface area contributed by atoms with E-state index in [0.717, 1.165) is 95.5 Å². The van der Waals surface area contributed by atoms with Gasteiger partial charge in [-0.1, -0.05) is 108 Å². The molecule has 54 heavy (non-hydrogen) atoms. The molecule has 1 aromatic rings. The summed E-state index contributed by atoms with van der Waals surface area (Å²) in [4.78, 5) is 26.4. The molecule has 0 unspecified atom stereocenters. The van der Waals surface area contributed by atoms with Gasteiger partial charge in [0.25, 0.3) is 0 Å². The minimum atomic E-state index is -1.55. The molecule has 1 spiro atoms. The zero-order valence-corrected chi connectivity index (χ0v) is 33.4. The molecule has 9 atom stereocenters. The predicted octanol–water partition coefficient (Wildman–Crippen LogP) is 8.97. The molecular formula is C47H68O7. The highest BCUT2D eigenvalue weighted by atomic mass is 16.5. The Morgan fingerprint density at radius 2 is 1.61 bits per heavy atom. The SMILES string of the molecule is C[C@H](CCCc1ccccc1)CC[C@]1(O)C=C[C@@]2(C)C[C@@H](OC(=O)C3CCCCC3)[C@@H]3[C@]1([C@H](O)CC[C@@]3(C)C1CCCCC1)[C@@]2(O)CCC1=CC(=O)OC1. The first kappa shape index (κ1) is 39.7. The molecule has 2 bridgehead atoms. The molecule has 5 aliphatic carbocycles. The number of fused-ring (bicyclic) bond motifs is 1. The van der Waals surface area contributed by atoms with Crippen molar-refractivity contribution in [3.05, 3.63) is 59.7 Å². The highest BCUT2D eigenvalue weighted by molar-refractivity contribution is 5.85. The van der Waals surface area contributed by atoms with Crippen molar-refractivity contribution in [2.24, 2.45) is 39.9 Å². The lowest BCUT2D eigenvalue weighted by Gasteiger charge is -2.76. The molecule has 4 saturated carbocycles. The summed E-state index contributed by atoms with van der Waals surface area (Å²) in [6, 6.07) is 10.6. The molecule has 0 amide bonds. The summed E-state index contributed by atoms with van der Waals surface area (Å²) in [5, 5.41) is 40.5. The third kappa shape index (κ3) is 6.95. The van der Waals surface area contributed by atoms with Crippen LogP contribution >= 0.6 is 0 Å². The van der Waals surface area contributed by atoms with Crippen LogP contribution in [0.1, 0.15) is 148 Å². The van der Waals surface area contributed by atoms with Crippen LogP contribution in [0.15, 0.2) is 54.1 Å². The van der Waals surface area contributed by atoms with Crippen molar-refractivity contribution in [3.8, 4) is 0 Å². The van der Waals surface area contributed by atoms with Gasteiger partial charge in [0.05, 0.1) is 28.6 Å². The van der Waals surface area contributed by atoms with Gasteiger partial charge in [-0.05, 0) is 112 Å². The van der Waals surface area contributed by atoms with E-state index in [0.29, 0.717) is 37.5 Å². The number of aliphatic hydroxyl groups excluding tert-OH is 1. The first-order valence-corrected chi connectivity index (χ1v) is 21.8. The molecule has 3 N–H and O–H groups in total. The van der Waals surface area contributed by atoms with Crippen molar-refractivity contribution < 1.29 is 34.4 Å². The second kappa shape index (κ2) is 15.8. The van der Waals surface area contributed by atoms with Gasteiger partial charge in [-0.15, -0.1) is 0 Å². The van der Waals surface area contributed by atoms with Crippen LogP contribution in [0.5, 0.6) is 0 Å². The number of ether oxygens (including phenoxy) is 2. The van der Waals surface area contributed by atoms with Crippen molar-refractivity contribution in [1.82, 2.24) is 0 Å². The number of rotatable bonds is 13. The fourth-order valence-electron chi connectivity index (χ4n) is 13.1. The Balaban J connectivity index is 1.30. The van der Waals surface area contributed by atoms with Gasteiger partial charge in [-0.25, -0.2) is 4.79 Å². The largest absolute Gasteiger partial charge is 0.462 e. The summed E-state index contributed by atoms with van der Waals surface area (Å²) in [5.41, 5.74) is -3.63.